The zero-order valence-electron chi connectivity index (χ0n) is 15.8. The zero-order valence-corrected chi connectivity index (χ0v) is 15.8. The van der Waals surface area contributed by atoms with Crippen LogP contribution < -0.4 is 10.2 Å². The van der Waals surface area contributed by atoms with Gasteiger partial charge in [-0.25, -0.2) is 0 Å². The third kappa shape index (κ3) is 5.25. The van der Waals surface area contributed by atoms with Gasteiger partial charge in [0.05, 0.1) is 12.1 Å². The van der Waals surface area contributed by atoms with Crippen LogP contribution in [0.25, 0.3) is 0 Å². The summed E-state index contributed by atoms with van der Waals surface area (Å²) in [5.41, 5.74) is 1.87. The first-order chi connectivity index (χ1) is 13.3. The van der Waals surface area contributed by atoms with Crippen LogP contribution in [0.5, 0.6) is 0 Å². The third-order valence-electron chi connectivity index (χ3n) is 4.90. The van der Waals surface area contributed by atoms with Crippen LogP contribution in [0.4, 0.5) is 24.5 Å². The zero-order chi connectivity index (χ0) is 20.1. The van der Waals surface area contributed by atoms with Crippen molar-refractivity contribution in [1.82, 2.24) is 4.90 Å². The number of halogens is 3. The van der Waals surface area contributed by atoms with Gasteiger partial charge < -0.3 is 10.2 Å². The third-order valence-corrected chi connectivity index (χ3v) is 4.90. The maximum absolute atomic E-state index is 12.9. The number of hydrogen-bond acceptors (Lipinski definition) is 3. The summed E-state index contributed by atoms with van der Waals surface area (Å²) in [6.45, 7) is 4.74. The number of nitrogens with zero attached hydrogens (tertiary/aromatic N) is 2. The molecule has 0 unspecified atom stereocenters. The van der Waals surface area contributed by atoms with E-state index in [0.717, 1.165) is 23.7 Å². The van der Waals surface area contributed by atoms with E-state index in [1.807, 2.05) is 34.1 Å². The van der Waals surface area contributed by atoms with Gasteiger partial charge >= 0.3 is 6.18 Å². The maximum Gasteiger partial charge on any atom is 0.416 e. The normalized spacial score (nSPS) is 15.5. The highest BCUT2D eigenvalue weighted by atomic mass is 19.4. The second-order valence-corrected chi connectivity index (χ2v) is 6.91. The molecule has 1 aliphatic rings. The summed E-state index contributed by atoms with van der Waals surface area (Å²) in [4.78, 5) is 16.2. The number of carbonyl (C=O) groups excluding carboxylic acids is 1. The molecule has 0 atom stereocenters. The van der Waals surface area contributed by atoms with Crippen molar-refractivity contribution in [3.8, 4) is 0 Å². The van der Waals surface area contributed by atoms with Crippen LogP contribution in [-0.2, 0) is 17.4 Å². The molecule has 1 heterocycles. The van der Waals surface area contributed by atoms with Crippen molar-refractivity contribution in [3.63, 3.8) is 0 Å². The molecule has 2 aromatic carbocycles. The lowest BCUT2D eigenvalue weighted by molar-refractivity contribution is -0.137. The first kappa shape index (κ1) is 20.2. The summed E-state index contributed by atoms with van der Waals surface area (Å²) in [7, 11) is 0. The first-order valence-electron chi connectivity index (χ1n) is 9.38. The topological polar surface area (TPSA) is 35.6 Å². The van der Waals surface area contributed by atoms with Crippen molar-refractivity contribution >= 4 is 17.3 Å². The Morgan fingerprint density at radius 1 is 1.04 bits per heavy atom. The predicted octanol–water partition coefficient (Wildman–Crippen LogP) is 4.03. The van der Waals surface area contributed by atoms with Crippen molar-refractivity contribution in [2.45, 2.75) is 19.5 Å². The summed E-state index contributed by atoms with van der Waals surface area (Å²) in [6, 6.07) is 13.2. The molecule has 1 aliphatic heterocycles. The Morgan fingerprint density at radius 2 is 1.75 bits per heavy atom. The highest BCUT2D eigenvalue weighted by Gasteiger charge is 2.31. The molecule has 0 spiro atoms. The Bertz CT molecular complexity index is 815. The molecule has 7 heteroatoms. The average molecular weight is 391 g/mol. The van der Waals surface area contributed by atoms with Gasteiger partial charge in [0.1, 0.15) is 0 Å². The lowest BCUT2D eigenvalue weighted by Crippen LogP contribution is -2.48. The SMILES string of the molecule is CCc1cccc(NC(=O)CN2CCN(c3cccc(C(F)(F)F)c3)CC2)c1. The van der Waals surface area contributed by atoms with Crippen molar-refractivity contribution in [2.75, 3.05) is 42.9 Å². The Hall–Kier alpha value is -2.54. The number of piperazine rings is 1. The van der Waals surface area contributed by atoms with Crippen LogP contribution >= 0.6 is 0 Å². The maximum atomic E-state index is 12.9. The lowest BCUT2D eigenvalue weighted by atomic mass is 10.1. The lowest BCUT2D eigenvalue weighted by Gasteiger charge is -2.36. The van der Waals surface area contributed by atoms with E-state index in [2.05, 4.69) is 12.2 Å². The van der Waals surface area contributed by atoms with Crippen molar-refractivity contribution in [1.29, 1.82) is 0 Å². The molecule has 1 N–H and O–H groups in total. The highest BCUT2D eigenvalue weighted by molar-refractivity contribution is 5.92. The standard InChI is InChI=1S/C21H24F3N3O/c1-2-16-5-3-7-18(13-16)25-20(28)15-26-9-11-27(12-10-26)19-8-4-6-17(14-19)21(22,23)24/h3-8,13-14H,2,9-12,15H2,1H3,(H,25,28). The molecule has 4 nitrogen and oxygen atoms in total. The van der Waals surface area contributed by atoms with Crippen LogP contribution in [0.2, 0.25) is 0 Å². The van der Waals surface area contributed by atoms with E-state index in [9.17, 15) is 18.0 Å². The molecule has 0 aliphatic carbocycles. The van der Waals surface area contributed by atoms with E-state index >= 15 is 0 Å². The number of anilines is 2. The van der Waals surface area contributed by atoms with E-state index in [0.29, 0.717) is 31.9 Å². The number of aryl methyl sites for hydroxylation is 1. The van der Waals surface area contributed by atoms with E-state index in [-0.39, 0.29) is 12.5 Å². The molecule has 0 radical (unpaired) electrons. The summed E-state index contributed by atoms with van der Waals surface area (Å²) in [6.07, 6.45) is -3.44. The van der Waals surface area contributed by atoms with E-state index in [4.69, 9.17) is 0 Å². The summed E-state index contributed by atoms with van der Waals surface area (Å²) >= 11 is 0. The molecule has 28 heavy (non-hydrogen) atoms. The predicted molar refractivity (Wildman–Crippen MR) is 105 cm³/mol. The number of rotatable bonds is 5. The fraction of sp³-hybridized carbons (Fsp3) is 0.381. The fourth-order valence-corrected chi connectivity index (χ4v) is 3.32. The largest absolute Gasteiger partial charge is 0.416 e. The Balaban J connectivity index is 1.52. The summed E-state index contributed by atoms with van der Waals surface area (Å²) in [5.74, 6) is -0.0826. The molecular weight excluding hydrogens is 367 g/mol. The van der Waals surface area contributed by atoms with Crippen molar-refractivity contribution < 1.29 is 18.0 Å². The summed E-state index contributed by atoms with van der Waals surface area (Å²) in [5, 5.41) is 2.91. The number of benzene rings is 2. The van der Waals surface area contributed by atoms with Crippen molar-refractivity contribution in [2.24, 2.45) is 0 Å². The molecule has 2 aromatic rings. The van der Waals surface area contributed by atoms with Gasteiger partial charge in [-0.15, -0.1) is 0 Å². The van der Waals surface area contributed by atoms with Gasteiger partial charge in [0, 0.05) is 37.6 Å². The second kappa shape index (κ2) is 8.65. The molecular formula is C21H24F3N3O. The van der Waals surface area contributed by atoms with Gasteiger partial charge in [0.2, 0.25) is 5.91 Å². The molecule has 1 saturated heterocycles. The Kier molecular flexibility index (Phi) is 6.24. The van der Waals surface area contributed by atoms with E-state index in [1.165, 1.54) is 12.1 Å². The number of carbonyl (C=O) groups is 1. The minimum atomic E-state index is -4.34. The van der Waals surface area contributed by atoms with Gasteiger partial charge in [-0.05, 0) is 42.3 Å². The first-order valence-corrected chi connectivity index (χ1v) is 9.38. The van der Waals surface area contributed by atoms with Crippen LogP contribution in [0.15, 0.2) is 48.5 Å². The minimum Gasteiger partial charge on any atom is -0.369 e. The van der Waals surface area contributed by atoms with Crippen LogP contribution in [0, 0.1) is 0 Å². The number of amides is 1. The van der Waals surface area contributed by atoms with E-state index in [1.54, 1.807) is 6.07 Å². The molecule has 0 saturated carbocycles. The average Bonchev–Trinajstić information content (AvgIpc) is 2.68. The fourth-order valence-electron chi connectivity index (χ4n) is 3.32. The smallest absolute Gasteiger partial charge is 0.369 e. The minimum absolute atomic E-state index is 0.0826. The Labute approximate surface area is 162 Å². The second-order valence-electron chi connectivity index (χ2n) is 6.91. The van der Waals surface area contributed by atoms with Crippen LogP contribution in [0.3, 0.4) is 0 Å². The van der Waals surface area contributed by atoms with Gasteiger partial charge in [-0.3, -0.25) is 9.69 Å². The van der Waals surface area contributed by atoms with Gasteiger partial charge in [0.15, 0.2) is 0 Å². The molecule has 1 fully saturated rings. The molecule has 3 rings (SSSR count). The molecule has 0 bridgehead atoms. The van der Waals surface area contributed by atoms with Gasteiger partial charge in [0.25, 0.3) is 0 Å². The van der Waals surface area contributed by atoms with E-state index < -0.39 is 11.7 Å². The highest BCUT2D eigenvalue weighted by Crippen LogP contribution is 2.31. The van der Waals surface area contributed by atoms with Gasteiger partial charge in [-0.1, -0.05) is 25.1 Å². The van der Waals surface area contributed by atoms with Gasteiger partial charge in [-0.2, -0.15) is 13.2 Å². The molecule has 0 aromatic heterocycles. The number of nitrogens with one attached hydrogen (secondary N) is 1. The quantitative estimate of drug-likeness (QED) is 0.836. The Morgan fingerprint density at radius 3 is 2.43 bits per heavy atom. The van der Waals surface area contributed by atoms with Crippen LogP contribution in [-0.4, -0.2) is 43.5 Å². The molecule has 150 valence electrons. The van der Waals surface area contributed by atoms with Crippen LogP contribution in [0.1, 0.15) is 18.1 Å². The molecule has 1 amide bonds. The number of hydrogen-bond donors (Lipinski definition) is 1. The summed E-state index contributed by atoms with van der Waals surface area (Å²) < 4.78 is 38.7. The van der Waals surface area contributed by atoms with Crippen molar-refractivity contribution in [3.05, 3.63) is 59.7 Å². The monoisotopic (exact) mass is 391 g/mol. The number of alkyl halides is 3.